The second kappa shape index (κ2) is 8.25. The van der Waals surface area contributed by atoms with Gasteiger partial charge >= 0.3 is 0 Å². The molecule has 0 aromatic heterocycles. The minimum atomic E-state index is -0.404. The Morgan fingerprint density at radius 3 is 2.73 bits per heavy atom. The van der Waals surface area contributed by atoms with Crippen LogP contribution in [-0.4, -0.2) is 47.1 Å². The Morgan fingerprint density at radius 2 is 1.91 bits per heavy atom. The average molecular weight is 446 g/mol. The number of aromatic hydroxyl groups is 1. The molecule has 2 bridgehead atoms. The van der Waals surface area contributed by atoms with Crippen LogP contribution in [0.5, 0.6) is 5.75 Å². The number of hydrogen-bond acceptors (Lipinski definition) is 4. The third kappa shape index (κ3) is 3.54. The monoisotopic (exact) mass is 445 g/mol. The Bertz CT molecular complexity index is 1030. The maximum Gasteiger partial charge on any atom is 0.134 e. The summed E-state index contributed by atoms with van der Waals surface area (Å²) in [6.45, 7) is 2.84. The Hall–Kier alpha value is -2.17. The van der Waals surface area contributed by atoms with Crippen LogP contribution >= 0.6 is 0 Å². The van der Waals surface area contributed by atoms with Crippen molar-refractivity contribution in [3.63, 3.8) is 0 Å². The number of phenolic OH excluding ortho intramolecular Hbond substituents is 1. The number of phenols is 1. The molecule has 4 heteroatoms. The lowest BCUT2D eigenvalue weighted by Gasteiger charge is -2.65. The van der Waals surface area contributed by atoms with Crippen molar-refractivity contribution in [2.75, 3.05) is 19.7 Å². The zero-order valence-corrected chi connectivity index (χ0v) is 19.5. The second-order valence-electron chi connectivity index (χ2n) is 10.8. The molecule has 3 atom stereocenters. The van der Waals surface area contributed by atoms with Gasteiger partial charge in [0.15, 0.2) is 0 Å². The van der Waals surface area contributed by atoms with Crippen LogP contribution in [-0.2, 0) is 27.8 Å². The fraction of sp³-hybridized carbons (Fsp3) is 0.552. The number of likely N-dealkylation sites (tertiary alicyclic amines) is 1. The zero-order valence-electron chi connectivity index (χ0n) is 19.5. The van der Waals surface area contributed by atoms with Crippen LogP contribution in [0.4, 0.5) is 0 Å². The van der Waals surface area contributed by atoms with Crippen molar-refractivity contribution in [1.29, 1.82) is 0 Å². The summed E-state index contributed by atoms with van der Waals surface area (Å²) in [5.74, 6) is 1.50. The first-order valence-electron chi connectivity index (χ1n) is 12.9. The normalized spacial score (nSPS) is 31.2. The second-order valence-corrected chi connectivity index (χ2v) is 10.8. The molecule has 4 aliphatic rings. The predicted molar refractivity (Wildman–Crippen MR) is 128 cm³/mol. The number of ether oxygens (including phenoxy) is 1. The predicted octanol–water partition coefficient (Wildman–Crippen LogP) is 4.81. The summed E-state index contributed by atoms with van der Waals surface area (Å²) in [5.41, 5.74) is 2.78. The molecule has 1 heterocycles. The lowest BCUT2D eigenvalue weighted by molar-refractivity contribution is -0.201. The quantitative estimate of drug-likeness (QED) is 0.622. The molecular weight excluding hydrogens is 410 g/mol. The molecular formula is C29H35NO3. The van der Waals surface area contributed by atoms with Gasteiger partial charge in [0.2, 0.25) is 0 Å². The maximum absolute atomic E-state index is 12.9. The van der Waals surface area contributed by atoms with Gasteiger partial charge in [0.1, 0.15) is 11.5 Å². The van der Waals surface area contributed by atoms with Gasteiger partial charge in [0, 0.05) is 43.0 Å². The number of Topliss-reactive ketones (excluding diaryl/α,β-unsaturated/α-hetero) is 1. The molecule has 2 aromatic carbocycles. The van der Waals surface area contributed by atoms with E-state index < -0.39 is 11.0 Å². The zero-order chi connectivity index (χ0) is 22.5. The smallest absolute Gasteiger partial charge is 0.134 e. The first-order chi connectivity index (χ1) is 16.1. The molecule has 1 N–H and O–H groups in total. The average Bonchev–Trinajstić information content (AvgIpc) is 3.63. The topological polar surface area (TPSA) is 49.8 Å². The summed E-state index contributed by atoms with van der Waals surface area (Å²) in [4.78, 5) is 15.6. The van der Waals surface area contributed by atoms with Crippen molar-refractivity contribution in [2.45, 2.75) is 74.8 Å². The third-order valence-corrected chi connectivity index (χ3v) is 8.91. The fourth-order valence-electron chi connectivity index (χ4n) is 7.28. The van der Waals surface area contributed by atoms with E-state index in [1.165, 1.54) is 24.0 Å². The van der Waals surface area contributed by atoms with Crippen molar-refractivity contribution < 1.29 is 14.6 Å². The Labute approximate surface area is 196 Å². The van der Waals surface area contributed by atoms with E-state index in [9.17, 15) is 9.90 Å². The number of rotatable bonds is 7. The van der Waals surface area contributed by atoms with Crippen molar-refractivity contribution >= 4 is 5.78 Å². The first kappa shape index (κ1) is 21.4. The number of piperidine rings is 1. The van der Waals surface area contributed by atoms with Crippen molar-refractivity contribution in [2.24, 2.45) is 5.92 Å². The summed E-state index contributed by atoms with van der Waals surface area (Å²) in [6, 6.07) is 16.8. The molecule has 0 radical (unpaired) electrons. The van der Waals surface area contributed by atoms with Gasteiger partial charge < -0.3 is 9.84 Å². The Morgan fingerprint density at radius 1 is 1.06 bits per heavy atom. The summed E-state index contributed by atoms with van der Waals surface area (Å²) < 4.78 is 7.04. The summed E-state index contributed by atoms with van der Waals surface area (Å²) >= 11 is 0. The van der Waals surface area contributed by atoms with E-state index in [2.05, 4.69) is 41.3 Å². The Balaban J connectivity index is 1.36. The third-order valence-electron chi connectivity index (χ3n) is 8.91. The lowest BCUT2D eigenvalue weighted by Crippen LogP contribution is -2.74. The highest BCUT2D eigenvalue weighted by Crippen LogP contribution is 2.61. The van der Waals surface area contributed by atoms with Gasteiger partial charge in [-0.2, -0.15) is 0 Å². The van der Waals surface area contributed by atoms with Gasteiger partial charge in [-0.15, -0.1) is 0 Å². The molecule has 3 fully saturated rings. The Kier molecular flexibility index (Phi) is 5.34. The number of benzene rings is 2. The first-order valence-corrected chi connectivity index (χ1v) is 12.9. The van der Waals surface area contributed by atoms with Gasteiger partial charge in [0.25, 0.3) is 0 Å². The van der Waals surface area contributed by atoms with E-state index >= 15 is 0 Å². The number of carbonyl (C=O) groups is 1. The van der Waals surface area contributed by atoms with Crippen molar-refractivity contribution in [3.8, 4) is 5.75 Å². The largest absolute Gasteiger partial charge is 0.508 e. The number of nitrogens with zero attached hydrogens (tertiary/aromatic N) is 1. The van der Waals surface area contributed by atoms with Gasteiger partial charge in [-0.1, -0.05) is 42.5 Å². The summed E-state index contributed by atoms with van der Waals surface area (Å²) in [6.07, 6.45) is 8.33. The molecule has 2 saturated carbocycles. The van der Waals surface area contributed by atoms with Crippen LogP contribution in [0.3, 0.4) is 0 Å². The molecule has 0 spiro atoms. The molecule has 1 saturated heterocycles. The number of hydrogen-bond donors (Lipinski definition) is 1. The molecule has 174 valence electrons. The van der Waals surface area contributed by atoms with E-state index in [-0.39, 0.29) is 6.04 Å². The summed E-state index contributed by atoms with van der Waals surface area (Å²) in [5, 5.41) is 11.1. The highest BCUT2D eigenvalue weighted by atomic mass is 16.5. The summed E-state index contributed by atoms with van der Waals surface area (Å²) in [7, 11) is 0. The minimum Gasteiger partial charge on any atom is -0.508 e. The van der Waals surface area contributed by atoms with Crippen LogP contribution in [0.25, 0.3) is 0 Å². The van der Waals surface area contributed by atoms with E-state index in [1.54, 1.807) is 0 Å². The van der Waals surface area contributed by atoms with E-state index in [4.69, 9.17) is 4.74 Å². The molecule has 0 unspecified atom stereocenters. The van der Waals surface area contributed by atoms with Crippen LogP contribution in [0.2, 0.25) is 0 Å². The van der Waals surface area contributed by atoms with Crippen molar-refractivity contribution in [1.82, 2.24) is 4.90 Å². The van der Waals surface area contributed by atoms with E-state index in [0.29, 0.717) is 31.0 Å². The van der Waals surface area contributed by atoms with Gasteiger partial charge in [-0.3, -0.25) is 9.69 Å². The highest BCUT2D eigenvalue weighted by Gasteiger charge is 2.67. The van der Waals surface area contributed by atoms with E-state index in [0.717, 1.165) is 56.7 Å². The molecule has 4 nitrogen and oxygen atoms in total. The van der Waals surface area contributed by atoms with Crippen LogP contribution in [0.1, 0.15) is 61.6 Å². The molecule has 2 aromatic rings. The minimum absolute atomic E-state index is 0.283. The number of fused-ring (bicyclic) bond motifs is 1. The van der Waals surface area contributed by atoms with Crippen LogP contribution in [0, 0.1) is 5.92 Å². The van der Waals surface area contributed by atoms with Crippen LogP contribution in [0.15, 0.2) is 48.5 Å². The van der Waals surface area contributed by atoms with Gasteiger partial charge in [0.05, 0.1) is 5.60 Å². The van der Waals surface area contributed by atoms with Crippen LogP contribution < -0.4 is 0 Å². The maximum atomic E-state index is 12.9. The SMILES string of the molecule is O=C1CC[C@@]2(OCCCc3ccccc3)[C@@H]3Cc4cccc(O)c4[C@]2(CCN3CC2CC2)C1. The lowest BCUT2D eigenvalue weighted by atomic mass is 9.49. The molecule has 3 aliphatic carbocycles. The number of aryl methyl sites for hydroxylation is 1. The number of ketones is 1. The fourth-order valence-corrected chi connectivity index (χ4v) is 7.28. The van der Waals surface area contributed by atoms with Gasteiger partial charge in [-0.05, 0) is 74.6 Å². The number of carbonyl (C=O) groups excluding carboxylic acids is 1. The molecule has 0 amide bonds. The van der Waals surface area contributed by atoms with Crippen molar-refractivity contribution in [3.05, 3.63) is 65.2 Å². The molecule has 6 rings (SSSR count). The van der Waals surface area contributed by atoms with E-state index in [1.807, 2.05) is 12.1 Å². The molecule has 1 aliphatic heterocycles. The highest BCUT2D eigenvalue weighted by molar-refractivity contribution is 5.83. The standard InChI is InChI=1S/C29H35NO3/c31-24-13-14-29(33-17-5-8-21-6-2-1-3-7-21)26-18-23-9-4-10-25(32)27(23)28(29,19-24)15-16-30(26)20-22-11-12-22/h1-4,6-7,9-10,22,26,32H,5,8,11-20H2/t26-,28-,29+/m0/s1. The van der Waals surface area contributed by atoms with Gasteiger partial charge in [-0.25, -0.2) is 0 Å². The molecule has 33 heavy (non-hydrogen) atoms.